The van der Waals surface area contributed by atoms with Crippen LogP contribution < -0.4 is 5.73 Å². The molecule has 3 nitrogen and oxygen atoms in total. The van der Waals surface area contributed by atoms with Gasteiger partial charge >= 0.3 is 0 Å². The number of hydrogen-bond donors (Lipinski definition) is 1. The van der Waals surface area contributed by atoms with Crippen molar-refractivity contribution in [3.05, 3.63) is 35.4 Å². The lowest BCUT2D eigenvalue weighted by Crippen LogP contribution is -2.58. The highest BCUT2D eigenvalue weighted by Gasteiger charge is 2.52. The molecular formula is C16H24N2O. The van der Waals surface area contributed by atoms with Gasteiger partial charge in [-0.3, -0.25) is 4.79 Å². The van der Waals surface area contributed by atoms with Crippen LogP contribution in [-0.4, -0.2) is 22.9 Å². The minimum atomic E-state index is -0.331. The molecule has 2 N–H and O–H groups in total. The first kappa shape index (κ1) is 14.1. The van der Waals surface area contributed by atoms with Crippen molar-refractivity contribution >= 4 is 5.91 Å². The molecule has 0 saturated carbocycles. The first-order valence-corrected chi connectivity index (χ1v) is 7.09. The second-order valence-electron chi connectivity index (χ2n) is 5.94. The largest absolute Gasteiger partial charge is 0.328 e. The highest BCUT2D eigenvalue weighted by molar-refractivity contribution is 6.00. The van der Waals surface area contributed by atoms with Crippen LogP contribution in [0.4, 0.5) is 0 Å². The summed E-state index contributed by atoms with van der Waals surface area (Å²) in [6.07, 6.45) is 1.82. The van der Waals surface area contributed by atoms with Crippen LogP contribution in [-0.2, 0) is 5.54 Å². The zero-order valence-electron chi connectivity index (χ0n) is 12.4. The van der Waals surface area contributed by atoms with Gasteiger partial charge in [0.25, 0.3) is 5.91 Å². The van der Waals surface area contributed by atoms with E-state index in [0.717, 1.165) is 24.0 Å². The summed E-state index contributed by atoms with van der Waals surface area (Å²) in [6.45, 7) is 8.87. The van der Waals surface area contributed by atoms with Crippen molar-refractivity contribution in [1.29, 1.82) is 0 Å². The molecule has 1 aromatic carbocycles. The molecule has 3 heteroatoms. The molecule has 1 aromatic rings. The molecule has 1 heterocycles. The van der Waals surface area contributed by atoms with Crippen LogP contribution in [0.2, 0.25) is 0 Å². The second kappa shape index (κ2) is 4.64. The summed E-state index contributed by atoms with van der Waals surface area (Å²) in [4.78, 5) is 14.8. The van der Waals surface area contributed by atoms with Gasteiger partial charge in [0, 0.05) is 12.1 Å². The van der Waals surface area contributed by atoms with Crippen LogP contribution in [0.5, 0.6) is 0 Å². The first-order valence-electron chi connectivity index (χ1n) is 7.09. The monoisotopic (exact) mass is 260 g/mol. The molecule has 0 unspecified atom stereocenters. The van der Waals surface area contributed by atoms with Gasteiger partial charge in [0.15, 0.2) is 0 Å². The smallest absolute Gasteiger partial charge is 0.255 e. The highest BCUT2D eigenvalue weighted by atomic mass is 16.2. The zero-order valence-corrected chi connectivity index (χ0v) is 12.4. The van der Waals surface area contributed by atoms with Crippen LogP contribution in [0.1, 0.15) is 56.5 Å². The molecule has 104 valence electrons. The van der Waals surface area contributed by atoms with E-state index < -0.39 is 0 Å². The number of amides is 1. The molecule has 0 saturated heterocycles. The summed E-state index contributed by atoms with van der Waals surface area (Å²) in [5, 5.41) is 0. The standard InChI is InChI=1S/C16H24N2O/c1-5-16(6-2)13-10-8-7-9-12(13)14(19)18(16)15(3,4)11-17/h7-10H,5-6,11,17H2,1-4H3. The van der Waals surface area contributed by atoms with Crippen molar-refractivity contribution in [2.45, 2.75) is 51.6 Å². The van der Waals surface area contributed by atoms with Gasteiger partial charge in [0.1, 0.15) is 0 Å². The van der Waals surface area contributed by atoms with Gasteiger partial charge in [0.2, 0.25) is 0 Å². The summed E-state index contributed by atoms with van der Waals surface area (Å²) in [5.41, 5.74) is 7.38. The van der Waals surface area contributed by atoms with Gasteiger partial charge in [-0.25, -0.2) is 0 Å². The van der Waals surface area contributed by atoms with E-state index in [2.05, 4.69) is 33.8 Å². The predicted molar refractivity (Wildman–Crippen MR) is 78.0 cm³/mol. The third-order valence-electron chi connectivity index (χ3n) is 4.56. The lowest BCUT2D eigenvalue weighted by molar-refractivity contribution is 0.0105. The minimum Gasteiger partial charge on any atom is -0.328 e. The maximum atomic E-state index is 12.8. The van der Waals surface area contributed by atoms with E-state index in [1.807, 2.05) is 23.1 Å². The van der Waals surface area contributed by atoms with Crippen LogP contribution in [0.15, 0.2) is 24.3 Å². The maximum Gasteiger partial charge on any atom is 0.255 e. The number of nitrogens with zero attached hydrogens (tertiary/aromatic N) is 1. The lowest BCUT2D eigenvalue weighted by Gasteiger charge is -2.47. The Hall–Kier alpha value is -1.35. The van der Waals surface area contributed by atoms with Crippen molar-refractivity contribution in [3.8, 4) is 0 Å². The Morgan fingerprint density at radius 2 is 1.79 bits per heavy atom. The number of carbonyl (C=O) groups is 1. The molecule has 0 spiro atoms. The van der Waals surface area contributed by atoms with Gasteiger partial charge in [0.05, 0.1) is 11.1 Å². The second-order valence-corrected chi connectivity index (χ2v) is 5.94. The summed E-state index contributed by atoms with van der Waals surface area (Å²) in [7, 11) is 0. The van der Waals surface area contributed by atoms with E-state index in [-0.39, 0.29) is 17.0 Å². The zero-order chi connectivity index (χ0) is 14.3. The molecule has 0 aromatic heterocycles. The summed E-state index contributed by atoms with van der Waals surface area (Å²) in [6, 6.07) is 7.98. The normalized spacial score (nSPS) is 17.7. The van der Waals surface area contributed by atoms with Crippen LogP contribution >= 0.6 is 0 Å². The van der Waals surface area contributed by atoms with Crippen molar-refractivity contribution in [2.24, 2.45) is 5.73 Å². The van der Waals surface area contributed by atoms with Gasteiger partial charge in [-0.2, -0.15) is 0 Å². The summed E-state index contributed by atoms with van der Waals surface area (Å²) < 4.78 is 0. The van der Waals surface area contributed by atoms with E-state index in [0.29, 0.717) is 6.54 Å². The van der Waals surface area contributed by atoms with Crippen molar-refractivity contribution in [3.63, 3.8) is 0 Å². The fraction of sp³-hybridized carbons (Fsp3) is 0.562. The van der Waals surface area contributed by atoms with E-state index >= 15 is 0 Å². The van der Waals surface area contributed by atoms with Gasteiger partial charge in [-0.05, 0) is 38.3 Å². The summed E-state index contributed by atoms with van der Waals surface area (Å²) in [5.74, 6) is 0.120. The summed E-state index contributed by atoms with van der Waals surface area (Å²) >= 11 is 0. The Kier molecular flexibility index (Phi) is 3.43. The minimum absolute atomic E-state index is 0.120. The SMILES string of the molecule is CCC1(CC)c2ccccc2C(=O)N1C(C)(C)CN. The molecule has 1 amide bonds. The molecule has 0 fully saturated rings. The molecule has 0 aliphatic carbocycles. The average molecular weight is 260 g/mol. The Labute approximate surface area is 115 Å². The molecule has 2 rings (SSSR count). The molecule has 0 radical (unpaired) electrons. The van der Waals surface area contributed by atoms with Gasteiger partial charge in [-0.15, -0.1) is 0 Å². The Balaban J connectivity index is 2.67. The maximum absolute atomic E-state index is 12.8. The number of benzene rings is 1. The highest BCUT2D eigenvalue weighted by Crippen LogP contribution is 2.47. The number of hydrogen-bond acceptors (Lipinski definition) is 2. The van der Waals surface area contributed by atoms with Crippen molar-refractivity contribution in [2.75, 3.05) is 6.54 Å². The molecule has 19 heavy (non-hydrogen) atoms. The topological polar surface area (TPSA) is 46.3 Å². The predicted octanol–water partition coefficient (Wildman–Crippen LogP) is 2.90. The quantitative estimate of drug-likeness (QED) is 0.904. The number of carbonyl (C=O) groups excluding carboxylic acids is 1. The Bertz CT molecular complexity index is 489. The van der Waals surface area contributed by atoms with E-state index in [9.17, 15) is 4.79 Å². The number of fused-ring (bicyclic) bond motifs is 1. The van der Waals surface area contributed by atoms with Crippen LogP contribution in [0.25, 0.3) is 0 Å². The van der Waals surface area contributed by atoms with E-state index in [1.165, 1.54) is 0 Å². The van der Waals surface area contributed by atoms with Crippen LogP contribution in [0.3, 0.4) is 0 Å². The molecule has 1 aliphatic rings. The lowest BCUT2D eigenvalue weighted by atomic mass is 9.82. The van der Waals surface area contributed by atoms with E-state index in [4.69, 9.17) is 5.73 Å². The third kappa shape index (κ3) is 1.79. The molecular weight excluding hydrogens is 236 g/mol. The van der Waals surface area contributed by atoms with E-state index in [1.54, 1.807) is 0 Å². The fourth-order valence-electron chi connectivity index (χ4n) is 3.40. The average Bonchev–Trinajstić information content (AvgIpc) is 2.69. The third-order valence-corrected chi connectivity index (χ3v) is 4.56. The van der Waals surface area contributed by atoms with Crippen molar-refractivity contribution in [1.82, 2.24) is 4.90 Å². The van der Waals surface area contributed by atoms with Gasteiger partial charge < -0.3 is 10.6 Å². The Morgan fingerprint density at radius 1 is 1.21 bits per heavy atom. The number of rotatable bonds is 4. The van der Waals surface area contributed by atoms with Crippen LogP contribution in [0, 0.1) is 0 Å². The first-order chi connectivity index (χ1) is 8.94. The molecule has 0 atom stereocenters. The molecule has 1 aliphatic heterocycles. The van der Waals surface area contributed by atoms with Crippen molar-refractivity contribution < 1.29 is 4.79 Å². The number of nitrogens with two attached hydrogens (primary N) is 1. The van der Waals surface area contributed by atoms with Gasteiger partial charge in [-0.1, -0.05) is 32.0 Å². The molecule has 0 bridgehead atoms. The fourth-order valence-corrected chi connectivity index (χ4v) is 3.40. The Morgan fingerprint density at radius 3 is 2.32 bits per heavy atom.